The van der Waals surface area contributed by atoms with E-state index in [0.29, 0.717) is 23.8 Å². The second kappa shape index (κ2) is 17.5. The van der Waals surface area contributed by atoms with Crippen LogP contribution in [0.5, 0.6) is 5.75 Å². The summed E-state index contributed by atoms with van der Waals surface area (Å²) in [5, 5.41) is 2.97. The zero-order valence-electron chi connectivity index (χ0n) is 33.5. The average Bonchev–Trinajstić information content (AvgIpc) is 4.10. The van der Waals surface area contributed by atoms with Gasteiger partial charge in [0.25, 0.3) is 5.91 Å². The number of ether oxygens (including phenoxy) is 1. The van der Waals surface area contributed by atoms with Crippen LogP contribution >= 0.6 is 11.6 Å². The number of likely N-dealkylation sites (tertiary alicyclic amines) is 2. The lowest BCUT2D eigenvalue weighted by molar-refractivity contribution is -0.129. The lowest BCUT2D eigenvalue weighted by atomic mass is 9.98. The van der Waals surface area contributed by atoms with Gasteiger partial charge in [0.05, 0.1) is 13.5 Å². The van der Waals surface area contributed by atoms with Crippen molar-refractivity contribution < 1.29 is 36.3 Å². The molecule has 314 valence electrons. The molecule has 7 nitrogen and oxygen atoms in total. The van der Waals surface area contributed by atoms with Crippen molar-refractivity contribution in [3.63, 3.8) is 0 Å². The van der Waals surface area contributed by atoms with E-state index in [-0.39, 0.29) is 24.9 Å². The van der Waals surface area contributed by atoms with Crippen LogP contribution in [0.2, 0.25) is 5.02 Å². The summed E-state index contributed by atoms with van der Waals surface area (Å²) in [4.78, 5) is 28.6. The molecular weight excluding hydrogens is 811 g/mol. The molecule has 0 radical (unpaired) electrons. The third kappa shape index (κ3) is 8.33. The number of nitrogens with zero attached hydrogens (tertiary/aromatic N) is 4. The van der Waals surface area contributed by atoms with Gasteiger partial charge < -0.3 is 23.7 Å². The van der Waals surface area contributed by atoms with Crippen LogP contribution in [0.25, 0.3) is 21.8 Å². The minimum absolute atomic E-state index is 0.101. The van der Waals surface area contributed by atoms with Crippen molar-refractivity contribution in [1.29, 1.82) is 0 Å². The third-order valence-electron chi connectivity index (χ3n) is 11.8. The van der Waals surface area contributed by atoms with E-state index in [1.165, 1.54) is 22.0 Å². The van der Waals surface area contributed by atoms with Gasteiger partial charge in [-0.1, -0.05) is 72.3 Å². The summed E-state index contributed by atoms with van der Waals surface area (Å²) in [5.74, 6) is -10.6. The number of hydrogen-bond donors (Lipinski definition) is 0. The van der Waals surface area contributed by atoms with Crippen molar-refractivity contribution in [2.45, 2.75) is 37.6 Å². The molecule has 0 aliphatic carbocycles. The molecule has 0 N–H and O–H groups in total. The molecule has 4 heterocycles. The lowest BCUT2D eigenvalue weighted by Crippen LogP contribution is -2.31. The van der Waals surface area contributed by atoms with Gasteiger partial charge in [-0.15, -0.1) is 0 Å². The molecule has 2 fully saturated rings. The Morgan fingerprint density at radius 3 is 1.92 bits per heavy atom. The fraction of sp³-hybridized carbons (Fsp3) is 0.250. The van der Waals surface area contributed by atoms with Crippen molar-refractivity contribution in [1.82, 2.24) is 18.9 Å². The van der Waals surface area contributed by atoms with Gasteiger partial charge in [-0.25, -0.2) is 22.0 Å². The maximum absolute atomic E-state index is 14.0. The molecule has 0 saturated carbocycles. The van der Waals surface area contributed by atoms with Gasteiger partial charge >= 0.3 is 0 Å². The highest BCUT2D eigenvalue weighted by atomic mass is 35.5. The third-order valence-corrected chi connectivity index (χ3v) is 12.1. The molecule has 13 heteroatoms. The first-order valence-electron chi connectivity index (χ1n) is 20.0. The Balaban J connectivity index is 0.000000171. The first-order valence-corrected chi connectivity index (χ1v) is 20.4. The molecule has 2 saturated heterocycles. The van der Waals surface area contributed by atoms with Crippen LogP contribution in [-0.2, 0) is 24.8 Å². The number of rotatable bonds is 8. The van der Waals surface area contributed by atoms with E-state index in [9.17, 15) is 31.5 Å². The zero-order valence-corrected chi connectivity index (χ0v) is 34.2. The van der Waals surface area contributed by atoms with Crippen molar-refractivity contribution in [2.75, 3.05) is 33.3 Å². The summed E-state index contributed by atoms with van der Waals surface area (Å²) in [6, 6.07) is 32.0. The summed E-state index contributed by atoms with van der Waals surface area (Å²) >= 11 is 5.97. The predicted octanol–water partition coefficient (Wildman–Crippen LogP) is 10.4. The summed E-state index contributed by atoms with van der Waals surface area (Å²) < 4.78 is 77.7. The highest BCUT2D eigenvalue weighted by Gasteiger charge is 2.36. The Bertz CT molecular complexity index is 2740. The van der Waals surface area contributed by atoms with Crippen LogP contribution in [0.1, 0.15) is 57.3 Å². The second-order valence-electron chi connectivity index (χ2n) is 15.6. The number of fused-ring (bicyclic) bond motifs is 2. The molecule has 2 aliphatic heterocycles. The SMILES string of the molecule is COc1cccc(Cn2cc(C3CCN(C(=O)Cc4ccc(Cl)cc4)C3)c3ccccc32)c1.Cn1cc(C2CCN(C(=O)c3c(F)c(F)c(F)c(F)c3F)C2)c2ccccc21. The molecule has 2 aromatic heterocycles. The number of halogens is 6. The minimum Gasteiger partial charge on any atom is -0.497 e. The standard InChI is InChI=1S/C28H27ClN2O2.C20H15F5N2O/c1-33-24-6-4-5-21(15-24)17-31-19-26(25-7-2-3-8-27(25)31)22-13-14-30(18-22)28(32)16-20-9-11-23(29)12-10-20;1-26-9-12(11-4-2-3-5-13(11)26)10-6-7-27(8-10)20(28)14-15(21)17(23)19(25)18(24)16(14)22/h2-12,15,19,22H,13-14,16-18H2,1H3;2-5,9-10H,6-8H2,1H3. The van der Waals surface area contributed by atoms with Gasteiger partial charge in [-0.05, 0) is 71.5 Å². The quantitative estimate of drug-likeness (QED) is 0.0869. The van der Waals surface area contributed by atoms with Gasteiger partial charge in [0.15, 0.2) is 23.3 Å². The molecule has 5 aromatic carbocycles. The number of aryl methyl sites for hydroxylation is 1. The molecule has 0 bridgehead atoms. The maximum atomic E-state index is 14.0. The largest absolute Gasteiger partial charge is 0.497 e. The van der Waals surface area contributed by atoms with Gasteiger partial charge in [-0.3, -0.25) is 9.59 Å². The molecule has 2 atom stereocenters. The number of carbonyl (C=O) groups is 2. The molecule has 9 rings (SSSR count). The van der Waals surface area contributed by atoms with Crippen molar-refractivity contribution in [3.05, 3.63) is 171 Å². The van der Waals surface area contributed by atoms with Gasteiger partial charge in [-0.2, -0.15) is 0 Å². The van der Waals surface area contributed by atoms with E-state index in [0.717, 1.165) is 58.7 Å². The summed E-state index contributed by atoms with van der Waals surface area (Å²) in [7, 11) is 3.58. The Morgan fingerprint density at radius 2 is 1.25 bits per heavy atom. The molecule has 7 aromatic rings. The predicted molar refractivity (Wildman–Crippen MR) is 226 cm³/mol. The average molecular weight is 853 g/mol. The second-order valence-corrected chi connectivity index (χ2v) is 16.0. The van der Waals surface area contributed by atoms with Crippen LogP contribution in [0.3, 0.4) is 0 Å². The number of benzene rings is 5. The smallest absolute Gasteiger partial charge is 0.260 e. The Kier molecular flexibility index (Phi) is 11.9. The normalized spacial score (nSPS) is 16.3. The zero-order chi connectivity index (χ0) is 42.9. The van der Waals surface area contributed by atoms with Gasteiger partial charge in [0, 0.05) is 90.8 Å². The highest BCUT2D eigenvalue weighted by molar-refractivity contribution is 6.30. The van der Waals surface area contributed by atoms with Crippen molar-refractivity contribution in [2.24, 2.45) is 7.05 Å². The first-order chi connectivity index (χ1) is 29.4. The van der Waals surface area contributed by atoms with Crippen LogP contribution in [0.15, 0.2) is 109 Å². The van der Waals surface area contributed by atoms with Crippen LogP contribution < -0.4 is 4.74 Å². The fourth-order valence-electron chi connectivity index (χ4n) is 8.68. The van der Waals surface area contributed by atoms with Crippen LogP contribution in [0.4, 0.5) is 22.0 Å². The van der Waals surface area contributed by atoms with Crippen LogP contribution in [-0.4, -0.2) is 64.0 Å². The van der Waals surface area contributed by atoms with Crippen molar-refractivity contribution >= 4 is 45.2 Å². The molecule has 2 aliphatic rings. The number of methoxy groups -OCH3 is 1. The number of carbonyl (C=O) groups excluding carboxylic acids is 2. The van der Waals surface area contributed by atoms with E-state index in [1.807, 2.05) is 83.4 Å². The summed E-state index contributed by atoms with van der Waals surface area (Å²) in [6.07, 6.45) is 6.14. The van der Waals surface area contributed by atoms with E-state index < -0.39 is 40.6 Å². The maximum Gasteiger partial charge on any atom is 0.260 e. The Morgan fingerprint density at radius 1 is 0.672 bits per heavy atom. The van der Waals surface area contributed by atoms with E-state index in [1.54, 1.807) is 7.11 Å². The first kappa shape index (κ1) is 41.6. The minimum atomic E-state index is -2.28. The van der Waals surface area contributed by atoms with E-state index in [2.05, 4.69) is 47.2 Å². The van der Waals surface area contributed by atoms with Crippen LogP contribution in [0, 0.1) is 29.1 Å². The molecule has 2 amide bonds. The summed E-state index contributed by atoms with van der Waals surface area (Å²) in [6.45, 7) is 2.63. The Labute approximate surface area is 354 Å². The van der Waals surface area contributed by atoms with Gasteiger partial charge in [0.2, 0.25) is 11.7 Å². The van der Waals surface area contributed by atoms with Gasteiger partial charge in [0.1, 0.15) is 11.3 Å². The Hall–Kier alpha value is -6.14. The highest BCUT2D eigenvalue weighted by Crippen LogP contribution is 2.36. The molecular formula is C48H42ClF5N4O3. The monoisotopic (exact) mass is 852 g/mol. The van der Waals surface area contributed by atoms with E-state index >= 15 is 0 Å². The number of para-hydroxylation sites is 2. The number of aromatic nitrogens is 2. The number of hydrogen-bond acceptors (Lipinski definition) is 3. The molecule has 2 unspecified atom stereocenters. The molecule has 61 heavy (non-hydrogen) atoms. The fourth-order valence-corrected chi connectivity index (χ4v) is 8.80. The van der Waals surface area contributed by atoms with E-state index in [4.69, 9.17) is 16.3 Å². The van der Waals surface area contributed by atoms with Crippen molar-refractivity contribution in [3.8, 4) is 5.75 Å². The topological polar surface area (TPSA) is 59.7 Å². The lowest BCUT2D eigenvalue weighted by Gasteiger charge is -2.18. The number of amides is 2. The summed E-state index contributed by atoms with van der Waals surface area (Å²) in [5.41, 5.74) is 5.33. The molecule has 0 spiro atoms.